The second-order valence-electron chi connectivity index (χ2n) is 6.21. The zero-order valence-corrected chi connectivity index (χ0v) is 13.4. The maximum Gasteiger partial charge on any atom is 0.324 e. The summed E-state index contributed by atoms with van der Waals surface area (Å²) >= 11 is 0. The van der Waals surface area contributed by atoms with E-state index in [1.165, 1.54) is 0 Å². The summed E-state index contributed by atoms with van der Waals surface area (Å²) in [6, 6.07) is 0. The number of carbonyl (C=O) groups is 2. The third-order valence-electron chi connectivity index (χ3n) is 4.35. The van der Waals surface area contributed by atoms with Crippen molar-refractivity contribution in [3.05, 3.63) is 0 Å². The van der Waals surface area contributed by atoms with Gasteiger partial charge in [0, 0.05) is 0 Å². The fourth-order valence-electron chi connectivity index (χ4n) is 3.20. The van der Waals surface area contributed by atoms with Crippen LogP contribution < -0.4 is 0 Å². The molecule has 0 aromatic heterocycles. The average Bonchev–Trinajstić information content (AvgIpc) is 2.81. The zero-order valence-electron chi connectivity index (χ0n) is 13.4. The Morgan fingerprint density at radius 1 is 1.05 bits per heavy atom. The quantitative estimate of drug-likeness (QED) is 0.554. The molecule has 0 saturated heterocycles. The van der Waals surface area contributed by atoms with Crippen LogP contribution in [0.3, 0.4) is 0 Å². The zero-order chi connectivity index (χ0) is 15.3. The Hall–Kier alpha value is -1.06. The van der Waals surface area contributed by atoms with Gasteiger partial charge in [0.1, 0.15) is 6.10 Å². The van der Waals surface area contributed by atoms with Crippen molar-refractivity contribution in [3.8, 4) is 0 Å². The van der Waals surface area contributed by atoms with Crippen molar-refractivity contribution in [3.63, 3.8) is 0 Å². The molecule has 0 spiro atoms. The molecule has 20 heavy (non-hydrogen) atoms. The van der Waals surface area contributed by atoms with Gasteiger partial charge in [-0.3, -0.25) is 9.59 Å². The third-order valence-corrected chi connectivity index (χ3v) is 4.35. The van der Waals surface area contributed by atoms with Crippen molar-refractivity contribution in [2.45, 2.75) is 66.4 Å². The molecule has 0 heterocycles. The van der Waals surface area contributed by atoms with Crippen molar-refractivity contribution >= 4 is 11.9 Å². The van der Waals surface area contributed by atoms with Crippen molar-refractivity contribution in [1.82, 2.24) is 0 Å². The van der Waals surface area contributed by atoms with E-state index < -0.39 is 17.4 Å². The first kappa shape index (κ1) is 17.0. The molecule has 1 rings (SSSR count). The van der Waals surface area contributed by atoms with E-state index in [9.17, 15) is 9.59 Å². The molecule has 1 saturated carbocycles. The monoisotopic (exact) mass is 284 g/mol. The fourth-order valence-corrected chi connectivity index (χ4v) is 3.20. The van der Waals surface area contributed by atoms with Crippen LogP contribution in [0.5, 0.6) is 0 Å². The summed E-state index contributed by atoms with van der Waals surface area (Å²) in [4.78, 5) is 25.1. The average molecular weight is 284 g/mol. The highest BCUT2D eigenvalue weighted by Gasteiger charge is 2.54. The van der Waals surface area contributed by atoms with Crippen LogP contribution in [0.2, 0.25) is 0 Å². The SMILES string of the molecule is CCOC(=O)C(C(=O)OC1CCCC1)(C(C)C)C(C)C. The van der Waals surface area contributed by atoms with Gasteiger partial charge in [-0.1, -0.05) is 27.7 Å². The van der Waals surface area contributed by atoms with Gasteiger partial charge in [-0.2, -0.15) is 0 Å². The van der Waals surface area contributed by atoms with Crippen LogP contribution in [0.1, 0.15) is 60.3 Å². The van der Waals surface area contributed by atoms with Gasteiger partial charge in [0.15, 0.2) is 5.41 Å². The summed E-state index contributed by atoms with van der Waals surface area (Å²) in [6.45, 7) is 9.56. The molecular weight excluding hydrogens is 256 g/mol. The lowest BCUT2D eigenvalue weighted by Crippen LogP contribution is -2.50. The Balaban J connectivity index is 3.00. The molecule has 116 valence electrons. The highest BCUT2D eigenvalue weighted by Crippen LogP contribution is 2.40. The minimum Gasteiger partial charge on any atom is -0.465 e. The third kappa shape index (κ3) is 3.15. The number of hydrogen-bond acceptors (Lipinski definition) is 4. The van der Waals surface area contributed by atoms with Crippen LogP contribution in [0.15, 0.2) is 0 Å². The molecule has 0 bridgehead atoms. The molecule has 0 aromatic rings. The normalized spacial score (nSPS) is 16.8. The first-order chi connectivity index (χ1) is 9.37. The molecule has 4 nitrogen and oxygen atoms in total. The van der Waals surface area contributed by atoms with Gasteiger partial charge in [0.25, 0.3) is 0 Å². The molecule has 0 radical (unpaired) electrons. The summed E-state index contributed by atoms with van der Waals surface area (Å²) in [6.07, 6.45) is 3.96. The lowest BCUT2D eigenvalue weighted by atomic mass is 9.68. The molecule has 1 fully saturated rings. The van der Waals surface area contributed by atoms with E-state index in [0.29, 0.717) is 0 Å². The number of rotatable bonds is 6. The summed E-state index contributed by atoms with van der Waals surface area (Å²) < 4.78 is 10.8. The molecule has 1 aliphatic rings. The summed E-state index contributed by atoms with van der Waals surface area (Å²) in [5.41, 5.74) is -1.20. The van der Waals surface area contributed by atoms with E-state index >= 15 is 0 Å². The lowest BCUT2D eigenvalue weighted by Gasteiger charge is -2.36. The van der Waals surface area contributed by atoms with Crippen LogP contribution in [-0.2, 0) is 19.1 Å². The molecule has 0 amide bonds. The Labute approximate surface area is 122 Å². The Morgan fingerprint density at radius 2 is 1.55 bits per heavy atom. The predicted octanol–water partition coefficient (Wildman–Crippen LogP) is 3.33. The van der Waals surface area contributed by atoms with E-state index in [1.54, 1.807) is 6.92 Å². The number of ether oxygens (including phenoxy) is 2. The standard InChI is InChI=1S/C16H28O4/c1-6-19-14(17)16(11(2)3,12(4)5)15(18)20-13-9-7-8-10-13/h11-13H,6-10H2,1-5H3. The highest BCUT2D eigenvalue weighted by atomic mass is 16.6. The van der Waals surface area contributed by atoms with Crippen LogP contribution in [0.25, 0.3) is 0 Å². The smallest absolute Gasteiger partial charge is 0.324 e. The van der Waals surface area contributed by atoms with Crippen LogP contribution in [0, 0.1) is 17.3 Å². The number of carbonyl (C=O) groups excluding carboxylic acids is 2. The summed E-state index contributed by atoms with van der Waals surface area (Å²) in [5, 5.41) is 0. The molecule has 0 aliphatic heterocycles. The molecule has 0 aromatic carbocycles. The highest BCUT2D eigenvalue weighted by molar-refractivity contribution is 6.00. The van der Waals surface area contributed by atoms with E-state index in [-0.39, 0.29) is 24.5 Å². The summed E-state index contributed by atoms with van der Waals surface area (Å²) in [7, 11) is 0. The van der Waals surface area contributed by atoms with Crippen molar-refractivity contribution in [2.24, 2.45) is 17.3 Å². The first-order valence-electron chi connectivity index (χ1n) is 7.75. The Bertz CT molecular complexity index is 332. The fraction of sp³-hybridized carbons (Fsp3) is 0.875. The van der Waals surface area contributed by atoms with Crippen molar-refractivity contribution in [1.29, 1.82) is 0 Å². The van der Waals surface area contributed by atoms with E-state index in [0.717, 1.165) is 25.7 Å². The number of hydrogen-bond donors (Lipinski definition) is 0. The van der Waals surface area contributed by atoms with Crippen LogP contribution in [-0.4, -0.2) is 24.6 Å². The van der Waals surface area contributed by atoms with Gasteiger partial charge in [0.05, 0.1) is 6.61 Å². The molecule has 0 unspecified atom stereocenters. The van der Waals surface area contributed by atoms with Crippen LogP contribution >= 0.6 is 0 Å². The topological polar surface area (TPSA) is 52.6 Å². The predicted molar refractivity (Wildman–Crippen MR) is 77.1 cm³/mol. The lowest BCUT2D eigenvalue weighted by molar-refractivity contribution is -0.183. The maximum atomic E-state index is 12.7. The second kappa shape index (κ2) is 7.09. The van der Waals surface area contributed by atoms with Crippen LogP contribution in [0.4, 0.5) is 0 Å². The van der Waals surface area contributed by atoms with Gasteiger partial charge >= 0.3 is 11.9 Å². The van der Waals surface area contributed by atoms with E-state index in [4.69, 9.17) is 9.47 Å². The summed E-state index contributed by atoms with van der Waals surface area (Å²) in [5.74, 6) is -1.17. The van der Waals surface area contributed by atoms with Gasteiger partial charge in [0.2, 0.25) is 0 Å². The van der Waals surface area contributed by atoms with Crippen molar-refractivity contribution in [2.75, 3.05) is 6.61 Å². The molecule has 4 heteroatoms. The van der Waals surface area contributed by atoms with E-state index in [1.807, 2.05) is 27.7 Å². The molecule has 0 N–H and O–H groups in total. The Morgan fingerprint density at radius 3 is 1.95 bits per heavy atom. The van der Waals surface area contributed by atoms with Gasteiger partial charge in [-0.05, 0) is 44.4 Å². The van der Waals surface area contributed by atoms with Gasteiger partial charge in [-0.15, -0.1) is 0 Å². The number of esters is 2. The largest absolute Gasteiger partial charge is 0.465 e. The molecule has 1 aliphatic carbocycles. The van der Waals surface area contributed by atoms with Gasteiger partial charge in [-0.25, -0.2) is 0 Å². The van der Waals surface area contributed by atoms with Gasteiger partial charge < -0.3 is 9.47 Å². The van der Waals surface area contributed by atoms with E-state index in [2.05, 4.69) is 0 Å². The maximum absolute atomic E-state index is 12.7. The Kier molecular flexibility index (Phi) is 6.03. The second-order valence-corrected chi connectivity index (χ2v) is 6.21. The van der Waals surface area contributed by atoms with Crippen molar-refractivity contribution < 1.29 is 19.1 Å². The first-order valence-corrected chi connectivity index (χ1v) is 7.75. The molecular formula is C16H28O4. The molecule has 0 atom stereocenters. The minimum absolute atomic E-state index is 0.0335. The minimum atomic E-state index is -1.20.